The van der Waals surface area contributed by atoms with Gasteiger partial charge in [-0.3, -0.25) is 4.98 Å². The fraction of sp³-hybridized carbons (Fsp3) is 0.576. The lowest BCUT2D eigenvalue weighted by Gasteiger charge is -2.55. The number of hydrogen-bond donors (Lipinski definition) is 1. The van der Waals surface area contributed by atoms with E-state index in [1.165, 1.54) is 5.56 Å². The van der Waals surface area contributed by atoms with E-state index in [-0.39, 0.29) is 16.6 Å². The van der Waals surface area contributed by atoms with Gasteiger partial charge in [-0.1, -0.05) is 57.9 Å². The van der Waals surface area contributed by atoms with Gasteiger partial charge in [0.25, 0.3) is 0 Å². The molecule has 1 N–H and O–H groups in total. The molecule has 0 spiro atoms. The molecule has 2 aromatic heterocycles. The van der Waals surface area contributed by atoms with Crippen molar-refractivity contribution in [3.8, 4) is 5.69 Å². The molecule has 3 aliphatic rings. The third-order valence-corrected chi connectivity index (χ3v) is 12.5. The maximum Gasteiger partial charge on any atom is 0.216 e. The van der Waals surface area contributed by atoms with Crippen LogP contribution in [0.1, 0.15) is 93.5 Å². The standard InChI is InChI=1S/C33H45N5O3S/c1-24(2)25-9-11-27(12-10-25)33(39,32(3)21-36(4)22-32)28-17-29(19-34-18-28)37-20-31(35-23-37)26-13-15-38(16-14-26)42(40,41)30-7-5-6-8-30/h9-12,17-20,23-24,26,30,39H,5-8,13-16,21-22H2,1-4H3/t33-/m0/s1. The third-order valence-electron chi connectivity index (χ3n) is 10.1. The predicted octanol–water partition coefficient (Wildman–Crippen LogP) is 5.03. The second kappa shape index (κ2) is 11.2. The Bertz CT molecular complexity index is 1500. The largest absolute Gasteiger partial charge is 0.380 e. The van der Waals surface area contributed by atoms with Crippen LogP contribution in [0.2, 0.25) is 0 Å². The van der Waals surface area contributed by atoms with E-state index in [0.29, 0.717) is 19.0 Å². The van der Waals surface area contributed by atoms with Crippen molar-refractivity contribution in [2.45, 2.75) is 82.0 Å². The van der Waals surface area contributed by atoms with Crippen LogP contribution < -0.4 is 0 Å². The number of pyridine rings is 1. The zero-order valence-corrected chi connectivity index (χ0v) is 26.2. The van der Waals surface area contributed by atoms with Gasteiger partial charge >= 0.3 is 0 Å². The van der Waals surface area contributed by atoms with Crippen molar-refractivity contribution in [3.63, 3.8) is 0 Å². The van der Waals surface area contributed by atoms with E-state index in [1.807, 2.05) is 29.4 Å². The molecule has 0 bridgehead atoms. The molecule has 42 heavy (non-hydrogen) atoms. The van der Waals surface area contributed by atoms with Crippen LogP contribution in [-0.2, 0) is 15.6 Å². The van der Waals surface area contributed by atoms with Gasteiger partial charge < -0.3 is 14.6 Å². The lowest BCUT2D eigenvalue weighted by Crippen LogP contribution is -2.63. The maximum atomic E-state index is 13.1. The number of likely N-dealkylation sites (tertiary alicyclic amines) is 1. The number of imidazole rings is 1. The van der Waals surface area contributed by atoms with Gasteiger partial charge in [0.15, 0.2) is 0 Å². The van der Waals surface area contributed by atoms with Gasteiger partial charge in [0.05, 0.1) is 29.2 Å². The van der Waals surface area contributed by atoms with Gasteiger partial charge in [-0.25, -0.2) is 17.7 Å². The summed E-state index contributed by atoms with van der Waals surface area (Å²) in [5.41, 5.74) is 3.15. The van der Waals surface area contributed by atoms with Crippen molar-refractivity contribution in [3.05, 3.63) is 77.6 Å². The summed E-state index contributed by atoms with van der Waals surface area (Å²) in [6.07, 6.45) is 12.7. The summed E-state index contributed by atoms with van der Waals surface area (Å²) in [6.45, 7) is 9.20. The van der Waals surface area contributed by atoms with Crippen molar-refractivity contribution >= 4 is 10.0 Å². The molecule has 0 amide bonds. The van der Waals surface area contributed by atoms with Crippen LogP contribution in [0.4, 0.5) is 0 Å². The first kappa shape index (κ1) is 29.5. The van der Waals surface area contributed by atoms with Gasteiger partial charge in [-0.2, -0.15) is 0 Å². The van der Waals surface area contributed by atoms with Gasteiger partial charge in [0.1, 0.15) is 5.60 Å². The highest BCUT2D eigenvalue weighted by atomic mass is 32.2. The van der Waals surface area contributed by atoms with Gasteiger partial charge in [-0.05, 0) is 55.8 Å². The van der Waals surface area contributed by atoms with E-state index < -0.39 is 15.6 Å². The molecule has 1 saturated carbocycles. The van der Waals surface area contributed by atoms with E-state index in [0.717, 1.165) is 74.1 Å². The summed E-state index contributed by atoms with van der Waals surface area (Å²) in [5.74, 6) is 0.639. The number of benzene rings is 1. The Balaban J connectivity index is 1.24. The van der Waals surface area contributed by atoms with Crippen LogP contribution in [0.3, 0.4) is 0 Å². The number of rotatable bonds is 8. The Morgan fingerprint density at radius 1 is 1.00 bits per heavy atom. The van der Waals surface area contributed by atoms with Gasteiger partial charge in [0, 0.05) is 55.5 Å². The minimum atomic E-state index is -3.19. The topological polar surface area (TPSA) is 91.6 Å². The number of piperidine rings is 1. The van der Waals surface area contributed by atoms with Crippen LogP contribution >= 0.6 is 0 Å². The van der Waals surface area contributed by atoms with Crippen molar-refractivity contribution < 1.29 is 13.5 Å². The van der Waals surface area contributed by atoms with E-state index in [1.54, 1.807) is 10.5 Å². The van der Waals surface area contributed by atoms with Crippen molar-refractivity contribution in [2.75, 3.05) is 33.2 Å². The smallest absolute Gasteiger partial charge is 0.216 e. The summed E-state index contributed by atoms with van der Waals surface area (Å²) >= 11 is 0. The Morgan fingerprint density at radius 2 is 1.67 bits per heavy atom. The van der Waals surface area contributed by atoms with E-state index in [4.69, 9.17) is 4.98 Å². The molecular weight excluding hydrogens is 546 g/mol. The highest BCUT2D eigenvalue weighted by Crippen LogP contribution is 2.50. The zero-order valence-electron chi connectivity index (χ0n) is 25.4. The fourth-order valence-corrected chi connectivity index (χ4v) is 9.68. The van der Waals surface area contributed by atoms with Crippen LogP contribution in [0.25, 0.3) is 5.69 Å². The molecule has 3 fully saturated rings. The lowest BCUT2D eigenvalue weighted by atomic mass is 9.62. The molecule has 6 rings (SSSR count). The van der Waals surface area contributed by atoms with Crippen molar-refractivity contribution in [1.29, 1.82) is 0 Å². The fourth-order valence-electron chi connectivity index (χ4n) is 7.61. The monoisotopic (exact) mass is 591 g/mol. The summed E-state index contributed by atoms with van der Waals surface area (Å²) in [7, 11) is -1.11. The first-order chi connectivity index (χ1) is 20.0. The van der Waals surface area contributed by atoms with Gasteiger partial charge in [0.2, 0.25) is 10.0 Å². The molecule has 0 unspecified atom stereocenters. The molecule has 8 nitrogen and oxygen atoms in total. The van der Waals surface area contributed by atoms with E-state index in [2.05, 4.69) is 62.0 Å². The molecule has 3 aromatic rings. The van der Waals surface area contributed by atoms with E-state index >= 15 is 0 Å². The predicted molar refractivity (Wildman–Crippen MR) is 165 cm³/mol. The Kier molecular flexibility index (Phi) is 7.83. The van der Waals surface area contributed by atoms with Crippen LogP contribution in [0, 0.1) is 5.41 Å². The van der Waals surface area contributed by atoms with Crippen molar-refractivity contribution in [1.82, 2.24) is 23.7 Å². The maximum absolute atomic E-state index is 13.1. The highest BCUT2D eigenvalue weighted by Gasteiger charge is 2.55. The summed E-state index contributed by atoms with van der Waals surface area (Å²) in [6, 6.07) is 10.4. The molecule has 1 aromatic carbocycles. The number of hydrogen-bond acceptors (Lipinski definition) is 6. The Labute approximate surface area is 250 Å². The average molecular weight is 592 g/mol. The van der Waals surface area contributed by atoms with Gasteiger partial charge in [-0.15, -0.1) is 0 Å². The van der Waals surface area contributed by atoms with E-state index in [9.17, 15) is 13.5 Å². The summed E-state index contributed by atoms with van der Waals surface area (Å²) < 4.78 is 29.8. The third kappa shape index (κ3) is 5.12. The quantitative estimate of drug-likeness (QED) is 0.395. The minimum absolute atomic E-state index is 0.192. The normalized spacial score (nSPS) is 22.3. The minimum Gasteiger partial charge on any atom is -0.380 e. The van der Waals surface area contributed by atoms with Crippen molar-refractivity contribution in [2.24, 2.45) is 5.41 Å². The first-order valence-electron chi connectivity index (χ1n) is 15.5. The molecule has 9 heteroatoms. The molecular formula is C33H45N5O3S. The molecule has 4 heterocycles. The SMILES string of the molecule is CC(C)c1ccc([C@](O)(c2cncc(-n3cnc(C4CCN(S(=O)(=O)C5CCCC5)CC4)c3)c2)C2(C)CN(C)C2)cc1. The second-order valence-electron chi connectivity index (χ2n) is 13.5. The van der Waals surface area contributed by atoms with Crippen LogP contribution in [-0.4, -0.2) is 75.7 Å². The van der Waals surface area contributed by atoms with Crippen LogP contribution in [0.15, 0.2) is 55.2 Å². The molecule has 1 aliphatic carbocycles. The lowest BCUT2D eigenvalue weighted by molar-refractivity contribution is -0.127. The highest BCUT2D eigenvalue weighted by molar-refractivity contribution is 7.89. The summed E-state index contributed by atoms with van der Waals surface area (Å²) in [5, 5.41) is 12.4. The summed E-state index contributed by atoms with van der Waals surface area (Å²) in [4.78, 5) is 11.6. The first-order valence-corrected chi connectivity index (χ1v) is 17.0. The number of nitrogens with zero attached hydrogens (tertiary/aromatic N) is 5. The molecule has 2 aliphatic heterocycles. The second-order valence-corrected chi connectivity index (χ2v) is 15.7. The molecule has 1 atom stereocenters. The van der Waals surface area contributed by atoms with Crippen LogP contribution in [0.5, 0.6) is 0 Å². The number of aliphatic hydroxyl groups is 1. The molecule has 0 radical (unpaired) electrons. The average Bonchev–Trinajstić information content (AvgIpc) is 3.70. The Morgan fingerprint density at radius 3 is 2.29 bits per heavy atom. The number of aromatic nitrogens is 3. The molecule has 226 valence electrons. The zero-order chi connectivity index (χ0) is 29.7. The molecule has 2 saturated heterocycles. The Hall–Kier alpha value is -2.59. The number of sulfonamides is 1.